The minimum atomic E-state index is 0.775. The van der Waals surface area contributed by atoms with Crippen molar-refractivity contribution in [1.82, 2.24) is 0 Å². The van der Waals surface area contributed by atoms with Crippen molar-refractivity contribution in [2.75, 3.05) is 0 Å². The molecule has 1 aliphatic rings. The summed E-state index contributed by atoms with van der Waals surface area (Å²) in [6, 6.07) is 8.04. The van der Waals surface area contributed by atoms with Crippen molar-refractivity contribution in [2.24, 2.45) is 11.8 Å². The summed E-state index contributed by atoms with van der Waals surface area (Å²) >= 11 is 0. The van der Waals surface area contributed by atoms with Gasteiger partial charge in [-0.25, -0.2) is 0 Å². The molecule has 0 aliphatic heterocycles. The Bertz CT molecular complexity index is 410. The number of carbonyl (C=O) groups is 1. The molecule has 0 atom stereocenters. The minimum absolute atomic E-state index is 0.775. The molecule has 20 heavy (non-hydrogen) atoms. The predicted octanol–water partition coefficient (Wildman–Crippen LogP) is 5.20. The Labute approximate surface area is 123 Å². The van der Waals surface area contributed by atoms with Gasteiger partial charge in [0.05, 0.1) is 0 Å². The van der Waals surface area contributed by atoms with Gasteiger partial charge in [-0.1, -0.05) is 56.0 Å². The van der Waals surface area contributed by atoms with E-state index >= 15 is 0 Å². The zero-order chi connectivity index (χ0) is 14.2. The molecule has 1 aromatic carbocycles. The van der Waals surface area contributed by atoms with Crippen LogP contribution in [0.25, 0.3) is 0 Å². The SMILES string of the molecule is C=CCC[C@H]1CC[C@H](CCc2ccc(C=O)cc2)CC1. The fraction of sp³-hybridized carbons (Fsp3) is 0.526. The Morgan fingerprint density at radius 2 is 1.60 bits per heavy atom. The number of hydrogen-bond acceptors (Lipinski definition) is 1. The van der Waals surface area contributed by atoms with Crippen LogP contribution in [-0.2, 0) is 6.42 Å². The molecule has 0 spiro atoms. The quantitative estimate of drug-likeness (QED) is 0.491. The summed E-state index contributed by atoms with van der Waals surface area (Å²) in [4.78, 5) is 10.6. The Morgan fingerprint density at radius 1 is 1.00 bits per heavy atom. The Hall–Kier alpha value is -1.37. The van der Waals surface area contributed by atoms with Crippen molar-refractivity contribution >= 4 is 6.29 Å². The van der Waals surface area contributed by atoms with Gasteiger partial charge in [0.2, 0.25) is 0 Å². The maximum Gasteiger partial charge on any atom is 0.150 e. The lowest BCUT2D eigenvalue weighted by atomic mass is 9.78. The van der Waals surface area contributed by atoms with Crippen molar-refractivity contribution in [3.05, 3.63) is 48.0 Å². The highest BCUT2D eigenvalue weighted by Crippen LogP contribution is 2.33. The first kappa shape index (κ1) is 15.0. The first-order valence-corrected chi connectivity index (χ1v) is 7.97. The maximum atomic E-state index is 10.6. The average Bonchev–Trinajstić information content (AvgIpc) is 2.52. The number of aryl methyl sites for hydroxylation is 1. The fourth-order valence-electron chi connectivity index (χ4n) is 3.30. The smallest absolute Gasteiger partial charge is 0.150 e. The molecule has 0 radical (unpaired) electrons. The number of benzene rings is 1. The van der Waals surface area contributed by atoms with Crippen LogP contribution in [0.3, 0.4) is 0 Å². The second kappa shape index (κ2) is 8.04. The van der Waals surface area contributed by atoms with Gasteiger partial charge < -0.3 is 0 Å². The zero-order valence-corrected chi connectivity index (χ0v) is 12.4. The van der Waals surface area contributed by atoms with Crippen LogP contribution in [0.1, 0.15) is 60.9 Å². The van der Waals surface area contributed by atoms with Crippen molar-refractivity contribution < 1.29 is 4.79 Å². The average molecular weight is 270 g/mol. The third kappa shape index (κ3) is 4.63. The summed E-state index contributed by atoms with van der Waals surface area (Å²) in [7, 11) is 0. The summed E-state index contributed by atoms with van der Waals surface area (Å²) in [5.41, 5.74) is 2.14. The van der Waals surface area contributed by atoms with E-state index in [2.05, 4.69) is 24.8 Å². The third-order valence-corrected chi connectivity index (χ3v) is 4.70. The molecule has 0 unspecified atom stereocenters. The standard InChI is InChI=1S/C19H26O/c1-2-3-4-16-5-7-17(8-6-16)9-10-18-11-13-19(15-20)14-12-18/h2,11-17H,1,3-10H2/t16-,17-. The number of rotatable bonds is 7. The normalized spacial score (nSPS) is 22.4. The van der Waals surface area contributed by atoms with E-state index in [9.17, 15) is 4.79 Å². The van der Waals surface area contributed by atoms with Gasteiger partial charge in [-0.2, -0.15) is 0 Å². The van der Waals surface area contributed by atoms with E-state index in [1.54, 1.807) is 0 Å². The van der Waals surface area contributed by atoms with E-state index in [0.29, 0.717) is 0 Å². The van der Waals surface area contributed by atoms with Gasteiger partial charge in [-0.05, 0) is 43.1 Å². The molecule has 1 saturated carbocycles. The first-order valence-electron chi connectivity index (χ1n) is 7.97. The van der Waals surface area contributed by atoms with Crippen LogP contribution in [0, 0.1) is 11.8 Å². The van der Waals surface area contributed by atoms with Gasteiger partial charge in [0, 0.05) is 5.56 Å². The molecule has 0 amide bonds. The number of allylic oxidation sites excluding steroid dienone is 1. The lowest BCUT2D eigenvalue weighted by Crippen LogP contribution is -2.15. The van der Waals surface area contributed by atoms with Crippen LogP contribution < -0.4 is 0 Å². The molecular formula is C19H26O. The molecule has 1 heteroatoms. The van der Waals surface area contributed by atoms with Crippen molar-refractivity contribution in [1.29, 1.82) is 0 Å². The highest BCUT2D eigenvalue weighted by Gasteiger charge is 2.20. The van der Waals surface area contributed by atoms with Crippen molar-refractivity contribution in [3.8, 4) is 0 Å². The first-order chi connectivity index (χ1) is 9.81. The molecule has 0 heterocycles. The maximum absolute atomic E-state index is 10.6. The van der Waals surface area contributed by atoms with Crippen LogP contribution in [0.15, 0.2) is 36.9 Å². The highest BCUT2D eigenvalue weighted by molar-refractivity contribution is 5.74. The molecule has 2 rings (SSSR count). The molecule has 0 aromatic heterocycles. The van der Waals surface area contributed by atoms with Gasteiger partial charge >= 0.3 is 0 Å². The predicted molar refractivity (Wildman–Crippen MR) is 85.0 cm³/mol. The van der Waals surface area contributed by atoms with Crippen molar-refractivity contribution in [2.45, 2.75) is 51.4 Å². The summed E-state index contributed by atoms with van der Waals surface area (Å²) < 4.78 is 0. The minimum Gasteiger partial charge on any atom is -0.298 e. The Kier molecular flexibility index (Phi) is 6.04. The largest absolute Gasteiger partial charge is 0.298 e. The van der Waals surface area contributed by atoms with Gasteiger partial charge in [0.15, 0.2) is 0 Å². The summed E-state index contributed by atoms with van der Waals surface area (Å²) in [6.07, 6.45) is 13.5. The molecule has 0 N–H and O–H groups in total. The molecule has 0 saturated heterocycles. The van der Waals surface area contributed by atoms with E-state index in [0.717, 1.165) is 30.1 Å². The van der Waals surface area contributed by atoms with E-state index in [1.807, 2.05) is 12.1 Å². The Morgan fingerprint density at radius 3 is 2.15 bits per heavy atom. The zero-order valence-electron chi connectivity index (χ0n) is 12.4. The van der Waals surface area contributed by atoms with Crippen molar-refractivity contribution in [3.63, 3.8) is 0 Å². The molecular weight excluding hydrogens is 244 g/mol. The topological polar surface area (TPSA) is 17.1 Å². The monoisotopic (exact) mass is 270 g/mol. The fourth-order valence-corrected chi connectivity index (χ4v) is 3.30. The van der Waals surface area contributed by atoms with E-state index < -0.39 is 0 Å². The summed E-state index contributed by atoms with van der Waals surface area (Å²) in [5.74, 6) is 1.84. The number of carbonyl (C=O) groups excluding carboxylic acids is 1. The molecule has 1 nitrogen and oxygen atoms in total. The van der Waals surface area contributed by atoms with Crippen LogP contribution in [0.5, 0.6) is 0 Å². The van der Waals surface area contributed by atoms with Gasteiger partial charge in [0.25, 0.3) is 0 Å². The second-order valence-electron chi connectivity index (χ2n) is 6.15. The van der Waals surface area contributed by atoms with Crippen LogP contribution >= 0.6 is 0 Å². The van der Waals surface area contributed by atoms with Crippen LogP contribution in [-0.4, -0.2) is 6.29 Å². The molecule has 1 fully saturated rings. The molecule has 1 aromatic rings. The summed E-state index contributed by atoms with van der Waals surface area (Å²) in [6.45, 7) is 3.81. The van der Waals surface area contributed by atoms with Gasteiger partial charge in [-0.15, -0.1) is 6.58 Å². The third-order valence-electron chi connectivity index (χ3n) is 4.70. The van der Waals surface area contributed by atoms with E-state index in [1.165, 1.54) is 50.5 Å². The number of hydrogen-bond donors (Lipinski definition) is 0. The molecule has 1 aliphatic carbocycles. The lowest BCUT2D eigenvalue weighted by molar-refractivity contribution is 0.112. The molecule has 0 bridgehead atoms. The van der Waals surface area contributed by atoms with Crippen LogP contribution in [0.2, 0.25) is 0 Å². The highest BCUT2D eigenvalue weighted by atomic mass is 16.1. The number of aldehydes is 1. The van der Waals surface area contributed by atoms with Crippen LogP contribution in [0.4, 0.5) is 0 Å². The van der Waals surface area contributed by atoms with Gasteiger partial charge in [-0.3, -0.25) is 4.79 Å². The summed E-state index contributed by atoms with van der Waals surface area (Å²) in [5, 5.41) is 0. The van der Waals surface area contributed by atoms with Gasteiger partial charge in [0.1, 0.15) is 6.29 Å². The van der Waals surface area contributed by atoms with E-state index in [-0.39, 0.29) is 0 Å². The Balaban J connectivity index is 1.70. The molecule has 108 valence electrons. The lowest BCUT2D eigenvalue weighted by Gasteiger charge is -2.28. The van der Waals surface area contributed by atoms with E-state index in [4.69, 9.17) is 0 Å². The second-order valence-corrected chi connectivity index (χ2v) is 6.15.